The molecular weight excluding hydrogens is 322 g/mol. The number of halogens is 1. The molecule has 86 valence electrons. The van der Waals surface area contributed by atoms with E-state index in [9.17, 15) is 12.6 Å². The maximum absolute atomic E-state index is 11.7. The van der Waals surface area contributed by atoms with E-state index in [1.165, 1.54) is 6.26 Å². The molecule has 0 spiro atoms. The SMILES string of the molecule is CS(=O)CCNS(=O)(=O)c1sccc1Br. The summed E-state index contributed by atoms with van der Waals surface area (Å²) < 4.78 is 37.3. The summed E-state index contributed by atoms with van der Waals surface area (Å²) in [6, 6.07) is 1.68. The Labute approximate surface area is 104 Å². The van der Waals surface area contributed by atoms with Gasteiger partial charge in [0.15, 0.2) is 0 Å². The second-order valence-corrected chi connectivity index (χ2v) is 8.02. The summed E-state index contributed by atoms with van der Waals surface area (Å²) in [7, 11) is -4.44. The van der Waals surface area contributed by atoms with Gasteiger partial charge in [-0.25, -0.2) is 13.1 Å². The molecule has 0 saturated heterocycles. The van der Waals surface area contributed by atoms with E-state index in [1.807, 2.05) is 0 Å². The average molecular weight is 332 g/mol. The van der Waals surface area contributed by atoms with Crippen molar-refractivity contribution in [1.82, 2.24) is 4.72 Å². The maximum Gasteiger partial charge on any atom is 0.251 e. The third-order valence-electron chi connectivity index (χ3n) is 1.51. The van der Waals surface area contributed by atoms with Gasteiger partial charge in [0.05, 0.1) is 0 Å². The number of nitrogens with one attached hydrogen (secondary N) is 1. The maximum atomic E-state index is 11.7. The fraction of sp³-hybridized carbons (Fsp3) is 0.429. The van der Waals surface area contributed by atoms with Gasteiger partial charge in [-0.15, -0.1) is 11.3 Å². The molecule has 4 nitrogen and oxygen atoms in total. The van der Waals surface area contributed by atoms with Gasteiger partial charge >= 0.3 is 0 Å². The van der Waals surface area contributed by atoms with Gasteiger partial charge in [0, 0.05) is 33.8 Å². The molecule has 0 saturated carbocycles. The van der Waals surface area contributed by atoms with Crippen LogP contribution in [0, 0.1) is 0 Å². The second-order valence-electron chi connectivity index (χ2n) is 2.73. The van der Waals surface area contributed by atoms with Gasteiger partial charge in [-0.3, -0.25) is 4.21 Å². The normalized spacial score (nSPS) is 14.0. The van der Waals surface area contributed by atoms with Gasteiger partial charge in [0.2, 0.25) is 0 Å². The van der Waals surface area contributed by atoms with Gasteiger partial charge in [-0.1, -0.05) is 0 Å². The van der Waals surface area contributed by atoms with Crippen LogP contribution in [0.2, 0.25) is 0 Å². The number of sulfonamides is 1. The van der Waals surface area contributed by atoms with Crippen LogP contribution in [0.4, 0.5) is 0 Å². The highest BCUT2D eigenvalue weighted by Crippen LogP contribution is 2.26. The van der Waals surface area contributed by atoms with Crippen LogP contribution in [0.1, 0.15) is 0 Å². The Bertz CT molecular complexity index is 454. The summed E-state index contributed by atoms with van der Waals surface area (Å²) in [6.07, 6.45) is 1.54. The summed E-state index contributed by atoms with van der Waals surface area (Å²) in [5.41, 5.74) is 0. The molecule has 1 aromatic heterocycles. The zero-order chi connectivity index (χ0) is 11.5. The Balaban J connectivity index is 2.69. The van der Waals surface area contributed by atoms with Crippen LogP contribution in [0.3, 0.4) is 0 Å². The zero-order valence-corrected chi connectivity index (χ0v) is 11.9. The fourth-order valence-corrected chi connectivity index (χ4v) is 4.79. The first-order valence-corrected chi connectivity index (χ1v) is 8.84. The minimum Gasteiger partial charge on any atom is -0.260 e. The lowest BCUT2D eigenvalue weighted by Gasteiger charge is -2.03. The summed E-state index contributed by atoms with van der Waals surface area (Å²) in [5, 5.41) is 1.69. The van der Waals surface area contributed by atoms with E-state index in [-0.39, 0.29) is 10.8 Å². The molecule has 1 atom stereocenters. The summed E-state index contributed by atoms with van der Waals surface area (Å²) in [6.45, 7) is 0.190. The first kappa shape index (κ1) is 13.3. The number of hydrogen-bond donors (Lipinski definition) is 1. The first-order valence-electron chi connectivity index (χ1n) is 3.96. The minimum atomic E-state index is -3.46. The van der Waals surface area contributed by atoms with Crippen molar-refractivity contribution in [2.75, 3.05) is 18.6 Å². The minimum absolute atomic E-state index is 0.190. The Morgan fingerprint density at radius 2 is 2.27 bits per heavy atom. The molecule has 0 aliphatic rings. The molecule has 0 radical (unpaired) electrons. The highest BCUT2D eigenvalue weighted by Gasteiger charge is 2.18. The van der Waals surface area contributed by atoms with E-state index in [1.54, 1.807) is 11.4 Å². The van der Waals surface area contributed by atoms with Crippen molar-refractivity contribution < 1.29 is 12.6 Å². The molecule has 0 aliphatic heterocycles. The van der Waals surface area contributed by atoms with E-state index < -0.39 is 20.8 Å². The topological polar surface area (TPSA) is 63.2 Å². The third-order valence-corrected chi connectivity index (χ3v) is 6.42. The van der Waals surface area contributed by atoms with Crippen LogP contribution >= 0.6 is 27.3 Å². The molecule has 0 amide bonds. The fourth-order valence-electron chi connectivity index (χ4n) is 0.857. The molecule has 1 unspecified atom stereocenters. The van der Waals surface area contributed by atoms with Crippen LogP contribution < -0.4 is 4.72 Å². The molecule has 0 aromatic carbocycles. The Morgan fingerprint density at radius 3 is 2.73 bits per heavy atom. The van der Waals surface area contributed by atoms with Crippen molar-refractivity contribution in [3.05, 3.63) is 15.9 Å². The molecule has 0 bridgehead atoms. The summed E-state index contributed by atoms with van der Waals surface area (Å²) in [5.74, 6) is 0.322. The number of rotatable bonds is 5. The molecule has 1 heterocycles. The van der Waals surface area contributed by atoms with Gasteiger partial charge in [0.1, 0.15) is 4.21 Å². The standard InChI is InChI=1S/C7H10BrNO3S3/c1-14(10)5-3-9-15(11,12)7-6(8)2-4-13-7/h2,4,9H,3,5H2,1H3. The Kier molecular flexibility index (Phi) is 4.91. The van der Waals surface area contributed by atoms with Gasteiger partial charge < -0.3 is 0 Å². The molecule has 15 heavy (non-hydrogen) atoms. The van der Waals surface area contributed by atoms with Crippen molar-refractivity contribution in [3.63, 3.8) is 0 Å². The summed E-state index contributed by atoms with van der Waals surface area (Å²) in [4.78, 5) is 0. The molecule has 0 fully saturated rings. The predicted molar refractivity (Wildman–Crippen MR) is 66.1 cm³/mol. The lowest BCUT2D eigenvalue weighted by molar-refractivity contribution is 0.585. The first-order chi connectivity index (χ1) is 6.93. The molecular formula is C7H10BrNO3S3. The van der Waals surface area contributed by atoms with E-state index in [0.717, 1.165) is 11.3 Å². The Hall–Kier alpha value is 0.240. The van der Waals surface area contributed by atoms with Crippen molar-refractivity contribution >= 4 is 48.1 Å². The van der Waals surface area contributed by atoms with Gasteiger partial charge in [-0.2, -0.15) is 0 Å². The van der Waals surface area contributed by atoms with E-state index in [0.29, 0.717) is 10.2 Å². The smallest absolute Gasteiger partial charge is 0.251 e. The molecule has 1 rings (SSSR count). The van der Waals surface area contributed by atoms with E-state index >= 15 is 0 Å². The van der Waals surface area contributed by atoms with Crippen LogP contribution in [-0.4, -0.2) is 31.2 Å². The summed E-state index contributed by atoms with van der Waals surface area (Å²) >= 11 is 4.30. The molecule has 1 N–H and O–H groups in total. The third kappa shape index (κ3) is 3.95. The van der Waals surface area contributed by atoms with Gasteiger partial charge in [-0.05, 0) is 27.4 Å². The predicted octanol–water partition coefficient (Wildman–Crippen LogP) is 1.17. The van der Waals surface area contributed by atoms with E-state index in [4.69, 9.17) is 0 Å². The van der Waals surface area contributed by atoms with Crippen LogP contribution in [0.25, 0.3) is 0 Å². The monoisotopic (exact) mass is 331 g/mol. The van der Waals surface area contributed by atoms with Gasteiger partial charge in [0.25, 0.3) is 10.0 Å². The van der Waals surface area contributed by atoms with Crippen LogP contribution in [0.5, 0.6) is 0 Å². The van der Waals surface area contributed by atoms with Crippen molar-refractivity contribution in [2.45, 2.75) is 4.21 Å². The molecule has 0 aliphatic carbocycles. The van der Waals surface area contributed by atoms with Crippen molar-refractivity contribution in [1.29, 1.82) is 0 Å². The van der Waals surface area contributed by atoms with Crippen molar-refractivity contribution in [3.8, 4) is 0 Å². The van der Waals surface area contributed by atoms with E-state index in [2.05, 4.69) is 20.7 Å². The largest absolute Gasteiger partial charge is 0.260 e. The second kappa shape index (κ2) is 5.53. The molecule has 1 aromatic rings. The average Bonchev–Trinajstić information content (AvgIpc) is 2.50. The number of hydrogen-bond acceptors (Lipinski definition) is 4. The van der Waals surface area contributed by atoms with Crippen molar-refractivity contribution in [2.24, 2.45) is 0 Å². The van der Waals surface area contributed by atoms with Crippen LogP contribution in [0.15, 0.2) is 20.1 Å². The lowest BCUT2D eigenvalue weighted by atomic mass is 10.7. The number of thiophene rings is 1. The highest BCUT2D eigenvalue weighted by molar-refractivity contribution is 9.10. The zero-order valence-electron chi connectivity index (χ0n) is 7.90. The molecule has 8 heteroatoms. The highest BCUT2D eigenvalue weighted by atomic mass is 79.9. The van der Waals surface area contributed by atoms with Crippen LogP contribution in [-0.2, 0) is 20.8 Å². The Morgan fingerprint density at radius 1 is 1.60 bits per heavy atom. The lowest BCUT2D eigenvalue weighted by Crippen LogP contribution is -2.27. The quantitative estimate of drug-likeness (QED) is 0.880.